The lowest BCUT2D eigenvalue weighted by atomic mass is 10.3. The molecule has 2 N–H and O–H groups in total. The highest BCUT2D eigenvalue weighted by Crippen LogP contribution is 2.27. The fourth-order valence-electron chi connectivity index (χ4n) is 1.98. The van der Waals surface area contributed by atoms with Crippen LogP contribution >= 0.6 is 0 Å². The summed E-state index contributed by atoms with van der Waals surface area (Å²) in [6.07, 6.45) is 4.54. The maximum absolute atomic E-state index is 5.84. The summed E-state index contributed by atoms with van der Waals surface area (Å²) in [5.74, 6) is 1.17. The van der Waals surface area contributed by atoms with E-state index in [1.54, 1.807) is 7.11 Å². The van der Waals surface area contributed by atoms with Crippen LogP contribution in [0.5, 0.6) is 11.8 Å². The Kier molecular flexibility index (Phi) is 3.24. The minimum Gasteiger partial charge on any atom is -0.481 e. The second-order valence-electron chi connectivity index (χ2n) is 4.13. The van der Waals surface area contributed by atoms with Crippen LogP contribution in [0.3, 0.4) is 0 Å². The smallest absolute Gasteiger partial charge is 0.223 e. The van der Waals surface area contributed by atoms with Crippen LogP contribution < -0.4 is 15.2 Å². The normalized spacial score (nSPS) is 24.4. The molecule has 1 saturated carbocycles. The first kappa shape index (κ1) is 11.1. The van der Waals surface area contributed by atoms with E-state index < -0.39 is 0 Å². The largest absolute Gasteiger partial charge is 0.481 e. The Morgan fingerprint density at radius 2 is 2.06 bits per heavy atom. The Morgan fingerprint density at radius 1 is 1.31 bits per heavy atom. The first-order valence-electron chi connectivity index (χ1n) is 5.48. The van der Waals surface area contributed by atoms with Gasteiger partial charge in [0.1, 0.15) is 12.4 Å². The van der Waals surface area contributed by atoms with Crippen LogP contribution in [-0.4, -0.2) is 29.2 Å². The molecule has 0 radical (unpaired) electrons. The van der Waals surface area contributed by atoms with Gasteiger partial charge in [-0.1, -0.05) is 0 Å². The van der Waals surface area contributed by atoms with E-state index in [1.165, 1.54) is 6.33 Å². The van der Waals surface area contributed by atoms with E-state index in [4.69, 9.17) is 15.2 Å². The Morgan fingerprint density at radius 3 is 2.69 bits per heavy atom. The quantitative estimate of drug-likeness (QED) is 0.829. The van der Waals surface area contributed by atoms with Crippen LogP contribution in [0.2, 0.25) is 0 Å². The molecule has 1 aliphatic rings. The van der Waals surface area contributed by atoms with Crippen LogP contribution in [0.1, 0.15) is 24.8 Å². The maximum Gasteiger partial charge on any atom is 0.223 e. The molecule has 1 aromatic rings. The Labute approximate surface area is 95.0 Å². The topological polar surface area (TPSA) is 70.3 Å². The molecule has 1 fully saturated rings. The number of hydrogen-bond donors (Lipinski definition) is 1. The zero-order valence-corrected chi connectivity index (χ0v) is 9.64. The van der Waals surface area contributed by atoms with Crippen molar-refractivity contribution in [3.05, 3.63) is 11.9 Å². The van der Waals surface area contributed by atoms with E-state index in [1.807, 2.05) is 6.92 Å². The Balaban J connectivity index is 2.09. The number of methoxy groups -OCH3 is 1. The summed E-state index contributed by atoms with van der Waals surface area (Å²) < 4.78 is 10.9. The SMILES string of the molecule is COc1ncnc(OC2CCC(N)C2)c1C. The van der Waals surface area contributed by atoms with Crippen molar-refractivity contribution in [2.75, 3.05) is 7.11 Å². The van der Waals surface area contributed by atoms with Gasteiger partial charge in [0, 0.05) is 6.04 Å². The van der Waals surface area contributed by atoms with Crippen molar-refractivity contribution < 1.29 is 9.47 Å². The van der Waals surface area contributed by atoms with E-state index in [2.05, 4.69) is 9.97 Å². The van der Waals surface area contributed by atoms with Crippen molar-refractivity contribution in [1.29, 1.82) is 0 Å². The summed E-state index contributed by atoms with van der Waals surface area (Å²) in [6.45, 7) is 1.89. The zero-order valence-electron chi connectivity index (χ0n) is 9.64. The molecular formula is C11H17N3O2. The molecule has 88 valence electrons. The predicted molar refractivity (Wildman–Crippen MR) is 59.6 cm³/mol. The van der Waals surface area contributed by atoms with Gasteiger partial charge < -0.3 is 15.2 Å². The molecule has 5 nitrogen and oxygen atoms in total. The Bertz CT molecular complexity index is 370. The monoisotopic (exact) mass is 223 g/mol. The summed E-state index contributed by atoms with van der Waals surface area (Å²) in [5, 5.41) is 0. The standard InChI is InChI=1S/C11H17N3O2/c1-7-10(15-2)13-6-14-11(7)16-9-4-3-8(12)5-9/h6,8-9H,3-5,12H2,1-2H3. The molecule has 0 amide bonds. The van der Waals surface area contributed by atoms with Crippen LogP contribution in [0, 0.1) is 6.92 Å². The molecule has 0 spiro atoms. The Hall–Kier alpha value is -1.36. The van der Waals surface area contributed by atoms with Crippen molar-refractivity contribution in [3.8, 4) is 11.8 Å². The van der Waals surface area contributed by atoms with Gasteiger partial charge in [0.05, 0.1) is 12.7 Å². The van der Waals surface area contributed by atoms with Crippen LogP contribution in [0.25, 0.3) is 0 Å². The molecule has 2 unspecified atom stereocenters. The van der Waals surface area contributed by atoms with Gasteiger partial charge in [0.25, 0.3) is 0 Å². The third kappa shape index (κ3) is 2.24. The average molecular weight is 223 g/mol. The lowest BCUT2D eigenvalue weighted by molar-refractivity contribution is 0.196. The number of aromatic nitrogens is 2. The number of nitrogens with two attached hydrogens (primary N) is 1. The van der Waals surface area contributed by atoms with Crippen molar-refractivity contribution >= 4 is 0 Å². The van der Waals surface area contributed by atoms with E-state index in [-0.39, 0.29) is 12.1 Å². The van der Waals surface area contributed by atoms with Crippen LogP contribution in [0.4, 0.5) is 0 Å². The number of hydrogen-bond acceptors (Lipinski definition) is 5. The molecule has 2 rings (SSSR count). The fraction of sp³-hybridized carbons (Fsp3) is 0.636. The third-order valence-electron chi connectivity index (χ3n) is 2.89. The minimum atomic E-state index is 0.174. The first-order valence-corrected chi connectivity index (χ1v) is 5.48. The molecule has 1 aliphatic carbocycles. The summed E-state index contributed by atoms with van der Waals surface area (Å²) in [4.78, 5) is 8.13. The lowest BCUT2D eigenvalue weighted by Gasteiger charge is -2.14. The van der Waals surface area contributed by atoms with Crippen molar-refractivity contribution in [3.63, 3.8) is 0 Å². The highest BCUT2D eigenvalue weighted by molar-refractivity contribution is 5.32. The second kappa shape index (κ2) is 4.65. The molecule has 2 atom stereocenters. The van der Waals surface area contributed by atoms with Gasteiger partial charge in [-0.05, 0) is 26.2 Å². The van der Waals surface area contributed by atoms with E-state index in [0.717, 1.165) is 24.8 Å². The number of rotatable bonds is 3. The fourth-order valence-corrected chi connectivity index (χ4v) is 1.98. The molecule has 0 bridgehead atoms. The summed E-state index contributed by atoms with van der Waals surface area (Å²) >= 11 is 0. The van der Waals surface area contributed by atoms with Gasteiger partial charge >= 0.3 is 0 Å². The van der Waals surface area contributed by atoms with Gasteiger partial charge in [-0.15, -0.1) is 0 Å². The summed E-state index contributed by atoms with van der Waals surface area (Å²) in [7, 11) is 1.59. The number of nitrogens with zero attached hydrogens (tertiary/aromatic N) is 2. The summed E-state index contributed by atoms with van der Waals surface area (Å²) in [5.41, 5.74) is 6.67. The predicted octanol–water partition coefficient (Wildman–Crippen LogP) is 1.05. The molecule has 0 aromatic carbocycles. The highest BCUT2D eigenvalue weighted by Gasteiger charge is 2.24. The molecule has 0 saturated heterocycles. The van der Waals surface area contributed by atoms with Crippen LogP contribution in [0.15, 0.2) is 6.33 Å². The molecule has 1 aromatic heterocycles. The molecule has 5 heteroatoms. The van der Waals surface area contributed by atoms with Crippen LogP contribution in [-0.2, 0) is 0 Å². The third-order valence-corrected chi connectivity index (χ3v) is 2.89. The molecule has 1 heterocycles. The highest BCUT2D eigenvalue weighted by atomic mass is 16.5. The maximum atomic E-state index is 5.84. The van der Waals surface area contributed by atoms with Gasteiger partial charge in [-0.25, -0.2) is 9.97 Å². The molecular weight excluding hydrogens is 206 g/mol. The number of ether oxygens (including phenoxy) is 2. The minimum absolute atomic E-state index is 0.174. The molecule has 16 heavy (non-hydrogen) atoms. The van der Waals surface area contributed by atoms with Gasteiger partial charge in [0.2, 0.25) is 11.8 Å². The molecule has 0 aliphatic heterocycles. The van der Waals surface area contributed by atoms with Crippen molar-refractivity contribution in [2.45, 2.75) is 38.3 Å². The van der Waals surface area contributed by atoms with E-state index >= 15 is 0 Å². The van der Waals surface area contributed by atoms with Gasteiger partial charge in [-0.2, -0.15) is 0 Å². The van der Waals surface area contributed by atoms with E-state index in [0.29, 0.717) is 11.8 Å². The van der Waals surface area contributed by atoms with Gasteiger partial charge in [0.15, 0.2) is 0 Å². The second-order valence-corrected chi connectivity index (χ2v) is 4.13. The average Bonchev–Trinajstić information content (AvgIpc) is 2.67. The zero-order chi connectivity index (χ0) is 11.5. The first-order chi connectivity index (χ1) is 7.70. The van der Waals surface area contributed by atoms with Gasteiger partial charge in [-0.3, -0.25) is 0 Å². The summed E-state index contributed by atoms with van der Waals surface area (Å²) in [6, 6.07) is 0.258. The van der Waals surface area contributed by atoms with Crippen molar-refractivity contribution in [1.82, 2.24) is 9.97 Å². The lowest BCUT2D eigenvalue weighted by Crippen LogP contribution is -2.19. The van der Waals surface area contributed by atoms with Crippen molar-refractivity contribution in [2.24, 2.45) is 5.73 Å². The van der Waals surface area contributed by atoms with E-state index in [9.17, 15) is 0 Å².